The zero-order valence-corrected chi connectivity index (χ0v) is 19.9. The van der Waals surface area contributed by atoms with Gasteiger partial charge in [0.15, 0.2) is 11.5 Å². The molecule has 0 radical (unpaired) electrons. The minimum Gasteiger partial charge on any atom is -0.493 e. The smallest absolute Gasteiger partial charge is 0.254 e. The zero-order valence-electron chi connectivity index (χ0n) is 19.9. The van der Waals surface area contributed by atoms with E-state index in [2.05, 4.69) is 4.90 Å². The molecule has 0 spiro atoms. The fraction of sp³-hybridized carbons (Fsp3) is 0.462. The summed E-state index contributed by atoms with van der Waals surface area (Å²) in [5, 5.41) is 0. The molecule has 2 aliphatic rings. The van der Waals surface area contributed by atoms with Gasteiger partial charge in [-0.1, -0.05) is 18.2 Å². The van der Waals surface area contributed by atoms with Crippen molar-refractivity contribution in [1.29, 1.82) is 0 Å². The second kappa shape index (κ2) is 11.4. The second-order valence-electron chi connectivity index (χ2n) is 8.63. The van der Waals surface area contributed by atoms with Gasteiger partial charge in [0.25, 0.3) is 11.8 Å². The number of nitrogens with zero attached hydrogens (tertiary/aromatic N) is 3. The normalized spacial score (nSPS) is 19.4. The number of carbonyl (C=O) groups excluding carboxylic acids is 2. The van der Waals surface area contributed by atoms with E-state index < -0.39 is 0 Å². The molecule has 1 atom stereocenters. The van der Waals surface area contributed by atoms with Gasteiger partial charge in [0.2, 0.25) is 0 Å². The van der Waals surface area contributed by atoms with Gasteiger partial charge in [-0.2, -0.15) is 0 Å². The number of amides is 2. The molecule has 2 saturated heterocycles. The van der Waals surface area contributed by atoms with Crippen LogP contribution in [0.15, 0.2) is 48.5 Å². The SMILES string of the molecule is COc1ccc(C(=O)N2CCCN(CC3CN(C(=O)c4ccccc4)CCO3)CC2)cc1OC. The first-order valence-corrected chi connectivity index (χ1v) is 11.8. The molecule has 8 heteroatoms. The van der Waals surface area contributed by atoms with Gasteiger partial charge in [-0.3, -0.25) is 14.5 Å². The lowest BCUT2D eigenvalue weighted by Gasteiger charge is -2.35. The van der Waals surface area contributed by atoms with Crippen molar-refractivity contribution >= 4 is 11.8 Å². The predicted molar refractivity (Wildman–Crippen MR) is 129 cm³/mol. The first-order valence-electron chi connectivity index (χ1n) is 11.8. The van der Waals surface area contributed by atoms with E-state index in [0.717, 1.165) is 26.1 Å². The van der Waals surface area contributed by atoms with Crippen LogP contribution in [0.1, 0.15) is 27.1 Å². The van der Waals surface area contributed by atoms with Crippen LogP contribution in [-0.4, -0.2) is 99.3 Å². The maximum atomic E-state index is 13.1. The molecule has 4 rings (SSSR count). The fourth-order valence-electron chi connectivity index (χ4n) is 4.57. The summed E-state index contributed by atoms with van der Waals surface area (Å²) in [5.74, 6) is 1.20. The van der Waals surface area contributed by atoms with Crippen molar-refractivity contribution in [2.45, 2.75) is 12.5 Å². The van der Waals surface area contributed by atoms with Gasteiger partial charge in [-0.15, -0.1) is 0 Å². The molecular formula is C26H33N3O5. The molecule has 0 aromatic heterocycles. The maximum Gasteiger partial charge on any atom is 0.254 e. The molecule has 34 heavy (non-hydrogen) atoms. The lowest BCUT2D eigenvalue weighted by atomic mass is 10.1. The number of carbonyl (C=O) groups is 2. The zero-order chi connectivity index (χ0) is 23.9. The van der Waals surface area contributed by atoms with Crippen LogP contribution >= 0.6 is 0 Å². The Balaban J connectivity index is 1.32. The van der Waals surface area contributed by atoms with Gasteiger partial charge in [-0.25, -0.2) is 0 Å². The van der Waals surface area contributed by atoms with Crippen LogP contribution in [0.5, 0.6) is 11.5 Å². The molecule has 0 aliphatic carbocycles. The highest BCUT2D eigenvalue weighted by atomic mass is 16.5. The van der Waals surface area contributed by atoms with Crippen LogP contribution < -0.4 is 9.47 Å². The highest BCUT2D eigenvalue weighted by molar-refractivity contribution is 5.95. The van der Waals surface area contributed by atoms with Crippen molar-refractivity contribution in [2.24, 2.45) is 0 Å². The van der Waals surface area contributed by atoms with Crippen LogP contribution in [0.3, 0.4) is 0 Å². The Labute approximate surface area is 201 Å². The number of ether oxygens (including phenoxy) is 3. The van der Waals surface area contributed by atoms with E-state index in [9.17, 15) is 9.59 Å². The van der Waals surface area contributed by atoms with Crippen molar-refractivity contribution in [3.63, 3.8) is 0 Å². The average Bonchev–Trinajstić information content (AvgIpc) is 3.13. The molecule has 1 unspecified atom stereocenters. The molecule has 2 heterocycles. The van der Waals surface area contributed by atoms with Crippen LogP contribution in [0.25, 0.3) is 0 Å². The summed E-state index contributed by atoms with van der Waals surface area (Å²) < 4.78 is 16.6. The van der Waals surface area contributed by atoms with Gasteiger partial charge < -0.3 is 24.0 Å². The van der Waals surface area contributed by atoms with Gasteiger partial charge in [0.05, 0.1) is 26.9 Å². The third kappa shape index (κ3) is 5.69. The summed E-state index contributed by atoms with van der Waals surface area (Å²) in [6, 6.07) is 14.7. The van der Waals surface area contributed by atoms with Gasteiger partial charge in [0.1, 0.15) is 0 Å². The van der Waals surface area contributed by atoms with Gasteiger partial charge >= 0.3 is 0 Å². The van der Waals surface area contributed by atoms with E-state index in [0.29, 0.717) is 55.4 Å². The van der Waals surface area contributed by atoms with Crippen molar-refractivity contribution in [3.05, 3.63) is 59.7 Å². The largest absolute Gasteiger partial charge is 0.493 e. The second-order valence-corrected chi connectivity index (χ2v) is 8.63. The lowest BCUT2D eigenvalue weighted by molar-refractivity contribution is -0.0353. The van der Waals surface area contributed by atoms with Crippen molar-refractivity contribution < 1.29 is 23.8 Å². The fourth-order valence-corrected chi connectivity index (χ4v) is 4.57. The molecule has 182 valence electrons. The molecule has 0 N–H and O–H groups in total. The Bertz CT molecular complexity index is 984. The third-order valence-corrected chi connectivity index (χ3v) is 6.41. The Morgan fingerprint density at radius 3 is 2.38 bits per heavy atom. The summed E-state index contributed by atoms with van der Waals surface area (Å²) in [5.41, 5.74) is 1.30. The molecule has 2 fully saturated rings. The van der Waals surface area contributed by atoms with Gasteiger partial charge in [-0.05, 0) is 43.3 Å². The van der Waals surface area contributed by atoms with Crippen LogP contribution in [0.4, 0.5) is 0 Å². The lowest BCUT2D eigenvalue weighted by Crippen LogP contribution is -2.50. The van der Waals surface area contributed by atoms with Gasteiger partial charge in [0, 0.05) is 50.4 Å². The number of hydrogen-bond donors (Lipinski definition) is 0. The van der Waals surface area contributed by atoms with E-state index in [1.165, 1.54) is 0 Å². The maximum absolute atomic E-state index is 13.1. The highest BCUT2D eigenvalue weighted by Crippen LogP contribution is 2.28. The molecule has 2 aromatic rings. The van der Waals surface area contributed by atoms with E-state index in [1.807, 2.05) is 40.1 Å². The molecule has 2 amide bonds. The minimum absolute atomic E-state index is 0.00338. The first kappa shape index (κ1) is 24.0. The Kier molecular flexibility index (Phi) is 8.03. The Morgan fingerprint density at radius 2 is 1.62 bits per heavy atom. The molecule has 0 bridgehead atoms. The number of methoxy groups -OCH3 is 2. The standard InChI is InChI=1S/C26H33N3O5/c1-32-23-10-9-21(17-24(23)33-2)26(31)28-12-6-11-27(13-14-28)18-22-19-29(15-16-34-22)25(30)20-7-4-3-5-8-20/h3-5,7-10,17,22H,6,11-16,18-19H2,1-2H3. The first-order chi connectivity index (χ1) is 16.6. The third-order valence-electron chi connectivity index (χ3n) is 6.41. The van der Waals surface area contributed by atoms with Crippen LogP contribution in [-0.2, 0) is 4.74 Å². The summed E-state index contributed by atoms with van der Waals surface area (Å²) in [4.78, 5) is 32.1. The summed E-state index contributed by atoms with van der Waals surface area (Å²) >= 11 is 0. The number of hydrogen-bond acceptors (Lipinski definition) is 6. The molecule has 2 aromatic carbocycles. The Morgan fingerprint density at radius 1 is 0.853 bits per heavy atom. The van der Waals surface area contributed by atoms with E-state index >= 15 is 0 Å². The summed E-state index contributed by atoms with van der Waals surface area (Å²) in [7, 11) is 3.15. The Hall–Kier alpha value is -3.10. The average molecular weight is 468 g/mol. The number of benzene rings is 2. The molecule has 2 aliphatic heterocycles. The topological polar surface area (TPSA) is 71.6 Å². The minimum atomic E-state index is -0.0329. The van der Waals surface area contributed by atoms with E-state index in [-0.39, 0.29) is 17.9 Å². The van der Waals surface area contributed by atoms with Crippen LogP contribution in [0.2, 0.25) is 0 Å². The van der Waals surface area contributed by atoms with Crippen LogP contribution in [0, 0.1) is 0 Å². The number of morpholine rings is 1. The monoisotopic (exact) mass is 467 g/mol. The molecule has 0 saturated carbocycles. The molecule has 8 nitrogen and oxygen atoms in total. The van der Waals surface area contributed by atoms with Crippen molar-refractivity contribution in [1.82, 2.24) is 14.7 Å². The predicted octanol–water partition coefficient (Wildman–Crippen LogP) is 2.39. The van der Waals surface area contributed by atoms with E-state index in [4.69, 9.17) is 14.2 Å². The van der Waals surface area contributed by atoms with Crippen molar-refractivity contribution in [2.75, 3.05) is 66.6 Å². The summed E-state index contributed by atoms with van der Waals surface area (Å²) in [6.07, 6.45) is 0.854. The summed E-state index contributed by atoms with van der Waals surface area (Å²) in [6.45, 7) is 5.49. The number of rotatable bonds is 6. The molecular weight excluding hydrogens is 434 g/mol. The van der Waals surface area contributed by atoms with Crippen molar-refractivity contribution in [3.8, 4) is 11.5 Å². The van der Waals surface area contributed by atoms with E-state index in [1.54, 1.807) is 32.4 Å². The highest BCUT2D eigenvalue weighted by Gasteiger charge is 2.28. The quantitative estimate of drug-likeness (QED) is 0.650.